The van der Waals surface area contributed by atoms with Crippen LogP contribution in [-0.4, -0.2) is 36.1 Å². The van der Waals surface area contributed by atoms with Crippen molar-refractivity contribution in [3.8, 4) is 5.75 Å². The third-order valence-electron chi connectivity index (χ3n) is 5.28. The third kappa shape index (κ3) is 3.54. The molecule has 0 aliphatic heterocycles. The molecule has 0 saturated heterocycles. The highest BCUT2D eigenvalue weighted by Crippen LogP contribution is 2.33. The quantitative estimate of drug-likeness (QED) is 0.549. The fourth-order valence-electron chi connectivity index (χ4n) is 3.56. The van der Waals surface area contributed by atoms with E-state index in [1.165, 1.54) is 17.4 Å². The van der Waals surface area contributed by atoms with Gasteiger partial charge in [0.05, 0.1) is 11.3 Å². The number of anilines is 3. The van der Waals surface area contributed by atoms with Crippen LogP contribution in [0.2, 0.25) is 0 Å². The van der Waals surface area contributed by atoms with Gasteiger partial charge < -0.3 is 20.6 Å². The summed E-state index contributed by atoms with van der Waals surface area (Å²) in [4.78, 5) is 37.6. The Kier molecular flexibility index (Phi) is 5.21. The second kappa shape index (κ2) is 7.42. The SMILES string of the molecule is CC1CCCCC1Nc1c(Nc2cccc(C(=O)N(C)C)c2O)c(=O)c1=O.[HH].[HH]. The average Bonchev–Trinajstić information content (AvgIpc) is 2.66. The third-order valence-corrected chi connectivity index (χ3v) is 5.28. The molecule has 2 atom stereocenters. The van der Waals surface area contributed by atoms with Crippen LogP contribution in [0.4, 0.5) is 17.1 Å². The number of hydrogen-bond donors (Lipinski definition) is 3. The molecule has 2 aromatic carbocycles. The molecule has 27 heavy (non-hydrogen) atoms. The molecule has 0 radical (unpaired) electrons. The smallest absolute Gasteiger partial charge is 0.257 e. The number of carbonyl (C=O) groups excluding carboxylic acids is 1. The summed E-state index contributed by atoms with van der Waals surface area (Å²) in [5.41, 5.74) is -0.418. The highest BCUT2D eigenvalue weighted by Gasteiger charge is 2.28. The Bertz CT molecular complexity index is 938. The van der Waals surface area contributed by atoms with Crippen LogP contribution in [0, 0.1) is 5.92 Å². The van der Waals surface area contributed by atoms with E-state index in [9.17, 15) is 19.5 Å². The molecule has 3 rings (SSSR count). The topological polar surface area (TPSA) is 98.7 Å². The lowest BCUT2D eigenvalue weighted by Gasteiger charge is -2.31. The Hall–Kier alpha value is -2.83. The normalized spacial score (nSPS) is 19.7. The van der Waals surface area contributed by atoms with Crippen molar-refractivity contribution < 1.29 is 12.8 Å². The van der Waals surface area contributed by atoms with Gasteiger partial charge in [0, 0.05) is 23.0 Å². The number of hydrogen-bond acceptors (Lipinski definition) is 6. The maximum atomic E-state index is 12.2. The first-order chi connectivity index (χ1) is 12.8. The van der Waals surface area contributed by atoms with Gasteiger partial charge in [-0.05, 0) is 30.9 Å². The van der Waals surface area contributed by atoms with Crippen LogP contribution in [0.25, 0.3) is 0 Å². The zero-order valence-electron chi connectivity index (χ0n) is 15.8. The molecule has 3 N–H and O–H groups in total. The van der Waals surface area contributed by atoms with Gasteiger partial charge >= 0.3 is 0 Å². The molecule has 0 aromatic heterocycles. The van der Waals surface area contributed by atoms with Crippen LogP contribution < -0.4 is 21.5 Å². The van der Waals surface area contributed by atoms with Gasteiger partial charge in [-0.25, -0.2) is 0 Å². The van der Waals surface area contributed by atoms with Gasteiger partial charge in [0.15, 0.2) is 5.75 Å². The molecule has 7 heteroatoms. The van der Waals surface area contributed by atoms with Crippen LogP contribution in [0.1, 0.15) is 45.8 Å². The molecule has 148 valence electrons. The Morgan fingerprint density at radius 1 is 1.15 bits per heavy atom. The van der Waals surface area contributed by atoms with Gasteiger partial charge in [0.25, 0.3) is 16.8 Å². The van der Waals surface area contributed by atoms with Crippen molar-refractivity contribution in [1.82, 2.24) is 4.90 Å². The molecular formula is C20H29N3O4. The van der Waals surface area contributed by atoms with Gasteiger partial charge in [-0.2, -0.15) is 0 Å². The molecule has 0 heterocycles. The van der Waals surface area contributed by atoms with Crippen molar-refractivity contribution in [3.05, 3.63) is 44.2 Å². The maximum Gasteiger partial charge on any atom is 0.257 e. The molecule has 1 aliphatic carbocycles. The largest absolute Gasteiger partial charge is 0.505 e. The summed E-state index contributed by atoms with van der Waals surface area (Å²) < 4.78 is 0. The van der Waals surface area contributed by atoms with Crippen molar-refractivity contribution in [3.63, 3.8) is 0 Å². The summed E-state index contributed by atoms with van der Waals surface area (Å²) in [6, 6.07) is 4.83. The number of phenolic OH excluding ortho intramolecular Hbond substituents is 1. The Morgan fingerprint density at radius 3 is 2.48 bits per heavy atom. The molecule has 1 fully saturated rings. The Balaban J connectivity index is 0.00000210. The van der Waals surface area contributed by atoms with Gasteiger partial charge in [0.1, 0.15) is 11.4 Å². The number of rotatable bonds is 5. The lowest BCUT2D eigenvalue weighted by molar-refractivity contribution is 0.0824. The van der Waals surface area contributed by atoms with E-state index in [2.05, 4.69) is 17.6 Å². The summed E-state index contributed by atoms with van der Waals surface area (Å²) in [5, 5.41) is 16.5. The number of amides is 1. The molecule has 1 saturated carbocycles. The lowest BCUT2D eigenvalue weighted by Crippen LogP contribution is -2.41. The van der Waals surface area contributed by atoms with E-state index in [-0.39, 0.29) is 43.2 Å². The van der Waals surface area contributed by atoms with E-state index >= 15 is 0 Å². The molecule has 7 nitrogen and oxygen atoms in total. The van der Waals surface area contributed by atoms with Gasteiger partial charge in [-0.3, -0.25) is 14.4 Å². The van der Waals surface area contributed by atoms with Crippen LogP contribution >= 0.6 is 0 Å². The van der Waals surface area contributed by atoms with E-state index in [0.717, 1.165) is 19.3 Å². The first kappa shape index (κ1) is 18.9. The molecule has 1 aliphatic rings. The Labute approximate surface area is 160 Å². The monoisotopic (exact) mass is 375 g/mol. The second-order valence-electron chi connectivity index (χ2n) is 7.45. The van der Waals surface area contributed by atoms with Gasteiger partial charge in [0.2, 0.25) is 0 Å². The minimum Gasteiger partial charge on any atom is -0.505 e. The zero-order chi connectivity index (χ0) is 19.7. The number of benzene rings is 1. The fourth-order valence-corrected chi connectivity index (χ4v) is 3.56. The number of nitrogens with one attached hydrogen (secondary N) is 2. The average molecular weight is 375 g/mol. The summed E-state index contributed by atoms with van der Waals surface area (Å²) in [7, 11) is 3.18. The summed E-state index contributed by atoms with van der Waals surface area (Å²) in [6.07, 6.45) is 4.31. The maximum absolute atomic E-state index is 12.2. The minimum absolute atomic E-state index is 0. The van der Waals surface area contributed by atoms with Gasteiger partial charge in [-0.15, -0.1) is 0 Å². The highest BCUT2D eigenvalue weighted by atomic mass is 16.3. The molecule has 1 amide bonds. The van der Waals surface area contributed by atoms with E-state index < -0.39 is 10.9 Å². The van der Waals surface area contributed by atoms with Crippen molar-refractivity contribution in [2.24, 2.45) is 5.92 Å². The van der Waals surface area contributed by atoms with Crippen molar-refractivity contribution in [2.45, 2.75) is 38.6 Å². The van der Waals surface area contributed by atoms with Crippen LogP contribution in [0.3, 0.4) is 0 Å². The van der Waals surface area contributed by atoms with Gasteiger partial charge in [-0.1, -0.05) is 25.8 Å². The molecule has 2 aromatic rings. The summed E-state index contributed by atoms with van der Waals surface area (Å²) in [6.45, 7) is 2.14. The number of para-hydroxylation sites is 1. The summed E-state index contributed by atoms with van der Waals surface area (Å²) in [5.74, 6) is -0.179. The predicted molar refractivity (Wildman–Crippen MR) is 110 cm³/mol. The fraction of sp³-hybridized carbons (Fsp3) is 0.450. The standard InChI is InChI=1S/C20H25N3O4.2H2/c1-11-7-4-5-9-13(11)21-15-16(19(26)18(15)25)22-14-10-6-8-12(17(14)24)20(27)23(2)3;;/h6,8,10-11,13,21-22,24H,4-5,7,9H2,1-3H3;2*1H. The predicted octanol–water partition coefficient (Wildman–Crippen LogP) is 2.92. The van der Waals surface area contributed by atoms with Crippen LogP contribution in [0.5, 0.6) is 5.75 Å². The molecule has 2 unspecified atom stereocenters. The first-order valence-electron chi connectivity index (χ1n) is 9.21. The van der Waals surface area contributed by atoms with E-state index in [4.69, 9.17) is 0 Å². The molecular weight excluding hydrogens is 346 g/mol. The lowest BCUT2D eigenvalue weighted by atomic mass is 9.85. The Morgan fingerprint density at radius 2 is 1.81 bits per heavy atom. The van der Waals surface area contributed by atoms with E-state index in [0.29, 0.717) is 5.92 Å². The van der Waals surface area contributed by atoms with Crippen molar-refractivity contribution in [2.75, 3.05) is 24.7 Å². The minimum atomic E-state index is -0.621. The molecule has 0 bridgehead atoms. The van der Waals surface area contributed by atoms with E-state index in [1.807, 2.05) is 0 Å². The van der Waals surface area contributed by atoms with Crippen LogP contribution in [0.15, 0.2) is 27.8 Å². The number of carbonyl (C=O) groups is 1. The number of nitrogens with zero attached hydrogens (tertiary/aromatic N) is 1. The number of phenols is 1. The highest BCUT2D eigenvalue weighted by molar-refractivity contribution is 5.99. The van der Waals surface area contributed by atoms with Crippen molar-refractivity contribution in [1.29, 1.82) is 0 Å². The first-order valence-corrected chi connectivity index (χ1v) is 9.21. The summed E-state index contributed by atoms with van der Waals surface area (Å²) >= 11 is 0. The molecule has 0 spiro atoms. The van der Waals surface area contributed by atoms with E-state index in [1.54, 1.807) is 26.2 Å². The van der Waals surface area contributed by atoms with Crippen molar-refractivity contribution >= 4 is 23.0 Å². The van der Waals surface area contributed by atoms with Crippen LogP contribution in [-0.2, 0) is 0 Å². The number of aromatic hydroxyl groups is 1. The zero-order valence-corrected chi connectivity index (χ0v) is 15.8. The second-order valence-corrected chi connectivity index (χ2v) is 7.45.